The molecule has 0 atom stereocenters. The van der Waals surface area contributed by atoms with E-state index in [0.717, 1.165) is 21.1 Å². The van der Waals surface area contributed by atoms with Gasteiger partial charge in [0, 0.05) is 0 Å². The molecule has 0 aliphatic carbocycles. The number of carbonyl (C=O) groups is 1. The Morgan fingerprint density at radius 3 is 2.53 bits per heavy atom. The van der Waals surface area contributed by atoms with Gasteiger partial charge >= 0.3 is 5.97 Å². The van der Waals surface area contributed by atoms with Gasteiger partial charge in [-0.05, 0) is 42.8 Å². The highest BCUT2D eigenvalue weighted by atomic mass is 32.2. The van der Waals surface area contributed by atoms with Crippen molar-refractivity contribution in [3.63, 3.8) is 0 Å². The first kappa shape index (κ1) is 12.1. The van der Waals surface area contributed by atoms with Crippen LogP contribution in [0.2, 0.25) is 0 Å². The Morgan fingerprint density at radius 2 is 1.79 bits per heavy atom. The molecule has 2 aromatic carbocycles. The van der Waals surface area contributed by atoms with Crippen LogP contribution < -0.4 is 4.74 Å². The second kappa shape index (κ2) is 4.63. The number of hydrogen-bond donors (Lipinski definition) is 0. The molecule has 0 amide bonds. The first-order chi connectivity index (χ1) is 9.17. The molecule has 0 bridgehead atoms. The summed E-state index contributed by atoms with van der Waals surface area (Å²) in [7, 11) is 1.37. The number of carbonyl (C=O) groups excluding carboxylic acids is 1. The lowest BCUT2D eigenvalue weighted by Crippen LogP contribution is -2.03. The Hall–Kier alpha value is -1.94. The first-order valence-electron chi connectivity index (χ1n) is 5.86. The van der Waals surface area contributed by atoms with Crippen LogP contribution in [0.5, 0.6) is 11.5 Å². The molecule has 2 aromatic rings. The van der Waals surface area contributed by atoms with Crippen molar-refractivity contribution in [1.29, 1.82) is 0 Å². The Balaban J connectivity index is 2.01. The number of benzene rings is 2. The Bertz CT molecular complexity index is 664. The minimum Gasteiger partial charge on any atom is -0.465 e. The summed E-state index contributed by atoms with van der Waals surface area (Å²) in [6.45, 7) is 2.02. The Kier molecular flexibility index (Phi) is 2.95. The monoisotopic (exact) mass is 272 g/mol. The highest BCUT2D eigenvalue weighted by Crippen LogP contribution is 2.47. The van der Waals surface area contributed by atoms with Gasteiger partial charge in [0.2, 0.25) is 0 Å². The summed E-state index contributed by atoms with van der Waals surface area (Å²) < 4.78 is 10.6. The summed E-state index contributed by atoms with van der Waals surface area (Å²) in [6.07, 6.45) is 0. The van der Waals surface area contributed by atoms with E-state index in [4.69, 9.17) is 9.47 Å². The van der Waals surface area contributed by atoms with Gasteiger partial charge in [-0.2, -0.15) is 0 Å². The lowest BCUT2D eigenvalue weighted by atomic mass is 10.2. The van der Waals surface area contributed by atoms with Crippen LogP contribution in [0.4, 0.5) is 0 Å². The van der Waals surface area contributed by atoms with Crippen molar-refractivity contribution in [3.05, 3.63) is 47.5 Å². The van der Waals surface area contributed by atoms with E-state index < -0.39 is 0 Å². The van der Waals surface area contributed by atoms with Crippen molar-refractivity contribution in [2.75, 3.05) is 7.11 Å². The number of hydrogen-bond acceptors (Lipinski definition) is 4. The molecule has 0 fully saturated rings. The van der Waals surface area contributed by atoms with Gasteiger partial charge in [-0.25, -0.2) is 4.79 Å². The lowest BCUT2D eigenvalue weighted by molar-refractivity contribution is 0.0600. The molecule has 0 radical (unpaired) electrons. The quantitative estimate of drug-likeness (QED) is 0.626. The van der Waals surface area contributed by atoms with Gasteiger partial charge < -0.3 is 9.47 Å². The molecule has 3 rings (SSSR count). The standard InChI is InChI=1S/C15H12O3S/c1-9-3-5-13-11(7-9)18-12-8-10(15(16)17-2)4-6-14(12)19-13/h3-8H,1-2H3. The number of fused-ring (bicyclic) bond motifs is 2. The molecule has 3 nitrogen and oxygen atoms in total. The van der Waals surface area contributed by atoms with E-state index >= 15 is 0 Å². The van der Waals surface area contributed by atoms with Crippen LogP contribution >= 0.6 is 11.8 Å². The van der Waals surface area contributed by atoms with Crippen LogP contribution in [0, 0.1) is 6.92 Å². The predicted octanol–water partition coefficient (Wildman–Crippen LogP) is 4.04. The van der Waals surface area contributed by atoms with Gasteiger partial charge in [0.1, 0.15) is 11.5 Å². The van der Waals surface area contributed by atoms with Crippen LogP contribution in [0.15, 0.2) is 46.2 Å². The van der Waals surface area contributed by atoms with Crippen LogP contribution in [0.25, 0.3) is 0 Å². The fourth-order valence-corrected chi connectivity index (χ4v) is 2.84. The lowest BCUT2D eigenvalue weighted by Gasteiger charge is -2.20. The van der Waals surface area contributed by atoms with Gasteiger partial charge in [-0.1, -0.05) is 17.8 Å². The maximum atomic E-state index is 11.5. The Labute approximate surface area is 115 Å². The molecular weight excluding hydrogens is 260 g/mol. The van der Waals surface area contributed by atoms with Gasteiger partial charge in [-0.3, -0.25) is 0 Å². The zero-order valence-electron chi connectivity index (χ0n) is 10.6. The zero-order valence-corrected chi connectivity index (χ0v) is 11.4. The van der Waals surface area contributed by atoms with E-state index in [1.807, 2.05) is 25.1 Å². The zero-order chi connectivity index (χ0) is 13.4. The highest BCUT2D eigenvalue weighted by molar-refractivity contribution is 7.99. The second-order valence-electron chi connectivity index (χ2n) is 4.31. The SMILES string of the molecule is COC(=O)c1ccc2c(c1)Oc1cc(C)ccc1S2. The molecule has 0 N–H and O–H groups in total. The molecule has 19 heavy (non-hydrogen) atoms. The second-order valence-corrected chi connectivity index (χ2v) is 5.39. The van der Waals surface area contributed by atoms with Crippen molar-refractivity contribution in [2.45, 2.75) is 16.7 Å². The van der Waals surface area contributed by atoms with Gasteiger partial charge in [0.05, 0.1) is 22.5 Å². The van der Waals surface area contributed by atoms with Crippen molar-refractivity contribution in [2.24, 2.45) is 0 Å². The summed E-state index contributed by atoms with van der Waals surface area (Å²) in [6, 6.07) is 11.5. The fourth-order valence-electron chi connectivity index (χ4n) is 1.93. The van der Waals surface area contributed by atoms with E-state index in [0.29, 0.717) is 11.3 Å². The minimum absolute atomic E-state index is 0.355. The molecule has 1 aliphatic rings. The fraction of sp³-hybridized carbons (Fsp3) is 0.133. The van der Waals surface area contributed by atoms with E-state index in [1.54, 1.807) is 23.9 Å². The third kappa shape index (κ3) is 2.19. The van der Waals surface area contributed by atoms with E-state index in [2.05, 4.69) is 6.07 Å². The average molecular weight is 272 g/mol. The molecule has 96 valence electrons. The van der Waals surface area contributed by atoms with Crippen molar-refractivity contribution in [3.8, 4) is 11.5 Å². The van der Waals surface area contributed by atoms with Crippen LogP contribution in [-0.2, 0) is 4.74 Å². The summed E-state index contributed by atoms with van der Waals surface area (Å²) >= 11 is 1.64. The van der Waals surface area contributed by atoms with Crippen LogP contribution in [-0.4, -0.2) is 13.1 Å². The normalized spacial score (nSPS) is 12.1. The summed E-state index contributed by atoms with van der Waals surface area (Å²) in [5.74, 6) is 1.18. The maximum Gasteiger partial charge on any atom is 0.337 e. The van der Waals surface area contributed by atoms with Crippen molar-refractivity contribution in [1.82, 2.24) is 0 Å². The topological polar surface area (TPSA) is 35.5 Å². The van der Waals surface area contributed by atoms with Gasteiger partial charge in [0.15, 0.2) is 0 Å². The molecule has 1 heterocycles. The predicted molar refractivity (Wildman–Crippen MR) is 73.2 cm³/mol. The van der Waals surface area contributed by atoms with E-state index in [1.165, 1.54) is 7.11 Å². The Morgan fingerprint density at radius 1 is 1.11 bits per heavy atom. The summed E-state index contributed by atoms with van der Waals surface area (Å²) in [5, 5.41) is 0. The molecular formula is C15H12O3S. The smallest absolute Gasteiger partial charge is 0.337 e. The van der Waals surface area contributed by atoms with Crippen molar-refractivity contribution < 1.29 is 14.3 Å². The number of rotatable bonds is 1. The molecule has 0 saturated carbocycles. The van der Waals surface area contributed by atoms with Crippen molar-refractivity contribution >= 4 is 17.7 Å². The summed E-state index contributed by atoms with van der Waals surface area (Å²) in [4.78, 5) is 13.6. The number of aryl methyl sites for hydroxylation is 1. The number of methoxy groups -OCH3 is 1. The summed E-state index contributed by atoms with van der Waals surface area (Å²) in [5.41, 5.74) is 1.64. The molecule has 4 heteroatoms. The maximum absolute atomic E-state index is 11.5. The number of ether oxygens (including phenoxy) is 2. The third-order valence-corrected chi connectivity index (χ3v) is 4.02. The van der Waals surface area contributed by atoms with Crippen LogP contribution in [0.1, 0.15) is 15.9 Å². The largest absolute Gasteiger partial charge is 0.465 e. The molecule has 0 unspecified atom stereocenters. The number of esters is 1. The highest BCUT2D eigenvalue weighted by Gasteiger charge is 2.19. The first-order valence-corrected chi connectivity index (χ1v) is 6.68. The van der Waals surface area contributed by atoms with E-state index in [9.17, 15) is 4.79 Å². The van der Waals surface area contributed by atoms with Gasteiger partial charge in [0.25, 0.3) is 0 Å². The molecule has 0 spiro atoms. The van der Waals surface area contributed by atoms with E-state index in [-0.39, 0.29) is 5.97 Å². The molecule has 1 aliphatic heterocycles. The molecule has 0 aromatic heterocycles. The third-order valence-electron chi connectivity index (χ3n) is 2.90. The molecule has 0 saturated heterocycles. The average Bonchev–Trinajstić information content (AvgIpc) is 2.43. The van der Waals surface area contributed by atoms with Gasteiger partial charge in [-0.15, -0.1) is 0 Å². The minimum atomic E-state index is -0.355. The van der Waals surface area contributed by atoms with Crippen LogP contribution in [0.3, 0.4) is 0 Å².